The zero-order valence-corrected chi connectivity index (χ0v) is 11.4. The van der Waals surface area contributed by atoms with Crippen LogP contribution in [0.15, 0.2) is 29.0 Å². The third-order valence-electron chi connectivity index (χ3n) is 2.66. The van der Waals surface area contributed by atoms with Gasteiger partial charge in [-0.3, -0.25) is 4.79 Å². The van der Waals surface area contributed by atoms with Gasteiger partial charge in [0.25, 0.3) is 5.91 Å². The van der Waals surface area contributed by atoms with Crippen molar-refractivity contribution in [1.29, 1.82) is 0 Å². The quantitative estimate of drug-likeness (QED) is 0.848. The van der Waals surface area contributed by atoms with Gasteiger partial charge < -0.3 is 11.1 Å². The molecule has 0 radical (unpaired) electrons. The molecule has 0 aliphatic rings. The molecule has 3 nitrogen and oxygen atoms in total. The standard InChI is InChI=1S/C13H13ClN2OS/c1-8-6-18-7-9(8)5-16-13(17)11-3-2-10(14)4-12(11)15/h2-4,6-7H,5,15H2,1H3,(H,16,17). The van der Waals surface area contributed by atoms with Crippen LogP contribution in [0.5, 0.6) is 0 Å². The van der Waals surface area contributed by atoms with Gasteiger partial charge in [0.1, 0.15) is 0 Å². The second kappa shape index (κ2) is 5.42. The van der Waals surface area contributed by atoms with Crippen molar-refractivity contribution in [3.8, 4) is 0 Å². The molecule has 1 aromatic heterocycles. The maximum absolute atomic E-state index is 12.0. The second-order valence-electron chi connectivity index (χ2n) is 3.99. The molecule has 0 atom stereocenters. The number of aryl methyl sites for hydroxylation is 1. The lowest BCUT2D eigenvalue weighted by Gasteiger charge is -2.07. The average molecular weight is 281 g/mol. The van der Waals surface area contributed by atoms with E-state index in [-0.39, 0.29) is 5.91 Å². The minimum absolute atomic E-state index is 0.185. The number of benzene rings is 1. The Morgan fingerprint density at radius 3 is 2.83 bits per heavy atom. The van der Waals surface area contributed by atoms with Crippen molar-refractivity contribution >= 4 is 34.5 Å². The van der Waals surface area contributed by atoms with Gasteiger partial charge in [0.2, 0.25) is 0 Å². The zero-order valence-electron chi connectivity index (χ0n) is 9.87. The number of halogens is 1. The van der Waals surface area contributed by atoms with Gasteiger partial charge in [-0.25, -0.2) is 0 Å². The van der Waals surface area contributed by atoms with Gasteiger partial charge >= 0.3 is 0 Å². The first kappa shape index (κ1) is 12.9. The van der Waals surface area contributed by atoms with Crippen LogP contribution in [0.25, 0.3) is 0 Å². The van der Waals surface area contributed by atoms with E-state index in [1.807, 2.05) is 12.3 Å². The van der Waals surface area contributed by atoms with Crippen LogP contribution in [-0.4, -0.2) is 5.91 Å². The van der Waals surface area contributed by atoms with Crippen LogP contribution in [0.4, 0.5) is 5.69 Å². The lowest BCUT2D eigenvalue weighted by atomic mass is 10.1. The van der Waals surface area contributed by atoms with Crippen molar-refractivity contribution < 1.29 is 4.79 Å². The predicted molar refractivity (Wildman–Crippen MR) is 76.1 cm³/mol. The number of carbonyl (C=O) groups excluding carboxylic acids is 1. The average Bonchev–Trinajstić information content (AvgIpc) is 2.72. The molecular formula is C13H13ClN2OS. The molecule has 5 heteroatoms. The van der Waals surface area contributed by atoms with Crippen LogP contribution in [0.2, 0.25) is 5.02 Å². The summed E-state index contributed by atoms with van der Waals surface area (Å²) in [5.74, 6) is -0.185. The van der Waals surface area contributed by atoms with E-state index in [0.717, 1.165) is 5.56 Å². The van der Waals surface area contributed by atoms with Crippen LogP contribution in [-0.2, 0) is 6.54 Å². The summed E-state index contributed by atoms with van der Waals surface area (Å²) in [6.45, 7) is 2.53. The summed E-state index contributed by atoms with van der Waals surface area (Å²) in [5.41, 5.74) is 8.91. The van der Waals surface area contributed by atoms with Crippen LogP contribution < -0.4 is 11.1 Å². The fourth-order valence-corrected chi connectivity index (χ4v) is 2.62. The Bertz CT molecular complexity index is 580. The minimum Gasteiger partial charge on any atom is -0.398 e. The number of carbonyl (C=O) groups is 1. The molecule has 2 aromatic rings. The Kier molecular flexibility index (Phi) is 3.89. The molecule has 3 N–H and O–H groups in total. The van der Waals surface area contributed by atoms with Gasteiger partial charge in [0, 0.05) is 17.3 Å². The number of hydrogen-bond donors (Lipinski definition) is 2. The maximum atomic E-state index is 12.0. The summed E-state index contributed by atoms with van der Waals surface area (Å²) in [6.07, 6.45) is 0. The zero-order chi connectivity index (χ0) is 13.1. The maximum Gasteiger partial charge on any atom is 0.253 e. The molecular weight excluding hydrogens is 268 g/mol. The summed E-state index contributed by atoms with van der Waals surface area (Å²) in [5, 5.41) is 7.46. The van der Waals surface area contributed by atoms with Crippen LogP contribution in [0, 0.1) is 6.92 Å². The number of nitrogen functional groups attached to an aromatic ring is 1. The van der Waals surface area contributed by atoms with Gasteiger partial charge in [0.15, 0.2) is 0 Å². The van der Waals surface area contributed by atoms with Crippen molar-refractivity contribution in [2.45, 2.75) is 13.5 Å². The number of hydrogen-bond acceptors (Lipinski definition) is 3. The van der Waals surface area contributed by atoms with Crippen molar-refractivity contribution in [3.63, 3.8) is 0 Å². The van der Waals surface area contributed by atoms with Crippen molar-refractivity contribution in [1.82, 2.24) is 5.32 Å². The minimum atomic E-state index is -0.185. The smallest absolute Gasteiger partial charge is 0.253 e. The molecule has 0 aliphatic carbocycles. The highest BCUT2D eigenvalue weighted by molar-refractivity contribution is 7.08. The highest BCUT2D eigenvalue weighted by Crippen LogP contribution is 2.18. The third-order valence-corrected chi connectivity index (χ3v) is 3.80. The molecule has 0 aliphatic heterocycles. The van der Waals surface area contributed by atoms with Crippen LogP contribution >= 0.6 is 22.9 Å². The summed E-state index contributed by atoms with van der Waals surface area (Å²) in [4.78, 5) is 12.0. The molecule has 94 valence electrons. The molecule has 1 amide bonds. The molecule has 1 heterocycles. The highest BCUT2D eigenvalue weighted by Gasteiger charge is 2.10. The molecule has 0 bridgehead atoms. The van der Waals surface area contributed by atoms with Gasteiger partial charge in [-0.15, -0.1) is 0 Å². The summed E-state index contributed by atoms with van der Waals surface area (Å²) >= 11 is 7.42. The third kappa shape index (κ3) is 2.83. The van der Waals surface area contributed by atoms with E-state index in [2.05, 4.69) is 10.7 Å². The van der Waals surface area contributed by atoms with E-state index in [0.29, 0.717) is 22.8 Å². The van der Waals surface area contributed by atoms with Gasteiger partial charge in [-0.1, -0.05) is 11.6 Å². The molecule has 1 aromatic carbocycles. The topological polar surface area (TPSA) is 55.1 Å². The molecule has 0 fully saturated rings. The first-order valence-electron chi connectivity index (χ1n) is 5.43. The molecule has 0 saturated carbocycles. The van der Waals surface area contributed by atoms with E-state index in [9.17, 15) is 4.79 Å². The van der Waals surface area contributed by atoms with Crippen LogP contribution in [0.3, 0.4) is 0 Å². The van der Waals surface area contributed by atoms with Gasteiger partial charge in [0.05, 0.1) is 5.56 Å². The first-order valence-corrected chi connectivity index (χ1v) is 6.75. The molecule has 0 spiro atoms. The number of nitrogens with two attached hydrogens (primary N) is 1. The Balaban J connectivity index is 2.06. The molecule has 18 heavy (non-hydrogen) atoms. The SMILES string of the molecule is Cc1cscc1CNC(=O)c1ccc(Cl)cc1N. The second-order valence-corrected chi connectivity index (χ2v) is 5.17. The lowest BCUT2D eigenvalue weighted by molar-refractivity contribution is 0.0952. The molecule has 2 rings (SSSR count). The summed E-state index contributed by atoms with van der Waals surface area (Å²) in [7, 11) is 0. The Morgan fingerprint density at radius 1 is 1.44 bits per heavy atom. The van der Waals surface area contributed by atoms with Crippen molar-refractivity contribution in [3.05, 3.63) is 50.7 Å². The number of amides is 1. The number of nitrogens with one attached hydrogen (secondary N) is 1. The van der Waals surface area contributed by atoms with Crippen molar-refractivity contribution in [2.75, 3.05) is 5.73 Å². The normalized spacial score (nSPS) is 10.3. The van der Waals surface area contributed by atoms with Crippen molar-refractivity contribution in [2.24, 2.45) is 0 Å². The monoisotopic (exact) mass is 280 g/mol. The van der Waals surface area contributed by atoms with E-state index in [1.165, 1.54) is 5.56 Å². The summed E-state index contributed by atoms with van der Waals surface area (Å²) < 4.78 is 0. The van der Waals surface area contributed by atoms with Gasteiger partial charge in [-0.05, 0) is 47.0 Å². The van der Waals surface area contributed by atoms with E-state index in [1.54, 1.807) is 29.5 Å². The number of anilines is 1. The molecule has 0 saturated heterocycles. The van der Waals surface area contributed by atoms with E-state index >= 15 is 0 Å². The summed E-state index contributed by atoms with van der Waals surface area (Å²) in [6, 6.07) is 4.86. The number of rotatable bonds is 3. The Hall–Kier alpha value is -1.52. The fraction of sp³-hybridized carbons (Fsp3) is 0.154. The van der Waals surface area contributed by atoms with E-state index in [4.69, 9.17) is 17.3 Å². The Labute approximate surface area is 115 Å². The highest BCUT2D eigenvalue weighted by atomic mass is 35.5. The largest absolute Gasteiger partial charge is 0.398 e. The predicted octanol–water partition coefficient (Wildman–Crippen LogP) is 3.22. The lowest BCUT2D eigenvalue weighted by Crippen LogP contribution is -2.23. The first-order chi connectivity index (χ1) is 8.58. The van der Waals surface area contributed by atoms with E-state index < -0.39 is 0 Å². The molecule has 0 unspecified atom stereocenters. The van der Waals surface area contributed by atoms with Crippen LogP contribution in [0.1, 0.15) is 21.5 Å². The Morgan fingerprint density at radius 2 is 2.22 bits per heavy atom. The van der Waals surface area contributed by atoms with Gasteiger partial charge in [-0.2, -0.15) is 11.3 Å². The fourth-order valence-electron chi connectivity index (χ4n) is 1.58. The number of thiophene rings is 1.